The summed E-state index contributed by atoms with van der Waals surface area (Å²) in [7, 11) is 0. The Balaban J connectivity index is 2.24. The molecule has 1 aliphatic carbocycles. The van der Waals surface area contributed by atoms with Gasteiger partial charge in [-0.1, -0.05) is 13.8 Å². The molecule has 3 nitrogen and oxygen atoms in total. The van der Waals surface area contributed by atoms with Gasteiger partial charge in [-0.3, -0.25) is 4.79 Å². The molecule has 0 heterocycles. The number of primary amides is 1. The lowest BCUT2D eigenvalue weighted by Gasteiger charge is -2.35. The average molecular weight is 170 g/mol. The Morgan fingerprint density at radius 3 is 2.58 bits per heavy atom. The number of rotatable bonds is 4. The van der Waals surface area contributed by atoms with Crippen LogP contribution in [0.3, 0.4) is 0 Å². The number of carbonyl (C=O) groups excluding carboxylic acids is 1. The first kappa shape index (κ1) is 9.52. The van der Waals surface area contributed by atoms with Gasteiger partial charge in [0.25, 0.3) is 0 Å². The van der Waals surface area contributed by atoms with Crippen LogP contribution in [0.5, 0.6) is 0 Å². The molecule has 0 aromatic heterocycles. The van der Waals surface area contributed by atoms with Gasteiger partial charge in [0.1, 0.15) is 0 Å². The summed E-state index contributed by atoms with van der Waals surface area (Å²) in [5, 5.41) is 3.26. The zero-order chi connectivity index (χ0) is 9.14. The summed E-state index contributed by atoms with van der Waals surface area (Å²) in [5.74, 6) is 0.588. The number of amides is 1. The second-order valence-corrected chi connectivity index (χ2v) is 3.80. The lowest BCUT2D eigenvalue weighted by atomic mass is 9.81. The third-order valence-corrected chi connectivity index (χ3v) is 2.56. The van der Waals surface area contributed by atoms with E-state index in [1.165, 1.54) is 12.8 Å². The minimum Gasteiger partial charge on any atom is -0.368 e. The fourth-order valence-corrected chi connectivity index (χ4v) is 1.72. The average Bonchev–Trinajstić information content (AvgIpc) is 1.95. The summed E-state index contributed by atoms with van der Waals surface area (Å²) in [6, 6.07) is 0.403. The second kappa shape index (κ2) is 3.90. The lowest BCUT2D eigenvalue weighted by molar-refractivity contribution is -0.120. The molecular formula is C9H18N2O. The molecular weight excluding hydrogens is 152 g/mol. The van der Waals surface area contributed by atoms with Gasteiger partial charge in [0.15, 0.2) is 0 Å². The normalized spacial score (nSPS) is 30.8. The topological polar surface area (TPSA) is 55.1 Å². The van der Waals surface area contributed by atoms with E-state index in [1.807, 2.05) is 6.92 Å². The summed E-state index contributed by atoms with van der Waals surface area (Å²) in [6.45, 7) is 4.20. The van der Waals surface area contributed by atoms with Crippen LogP contribution in [0.2, 0.25) is 0 Å². The van der Waals surface area contributed by atoms with Crippen molar-refractivity contribution in [1.29, 1.82) is 0 Å². The van der Waals surface area contributed by atoms with Crippen molar-refractivity contribution in [2.24, 2.45) is 11.7 Å². The highest BCUT2D eigenvalue weighted by Crippen LogP contribution is 2.26. The molecule has 12 heavy (non-hydrogen) atoms. The van der Waals surface area contributed by atoms with E-state index in [0.717, 1.165) is 12.3 Å². The number of nitrogens with two attached hydrogens (primary N) is 1. The Morgan fingerprint density at radius 1 is 1.67 bits per heavy atom. The van der Waals surface area contributed by atoms with Crippen molar-refractivity contribution in [3.8, 4) is 0 Å². The van der Waals surface area contributed by atoms with E-state index in [0.29, 0.717) is 6.04 Å². The van der Waals surface area contributed by atoms with Crippen LogP contribution in [0.4, 0.5) is 0 Å². The van der Waals surface area contributed by atoms with Crippen molar-refractivity contribution in [1.82, 2.24) is 5.32 Å². The molecule has 0 aliphatic heterocycles. The van der Waals surface area contributed by atoms with Crippen molar-refractivity contribution in [2.75, 3.05) is 0 Å². The van der Waals surface area contributed by atoms with Crippen LogP contribution in [0.1, 0.15) is 33.1 Å². The van der Waals surface area contributed by atoms with Crippen LogP contribution in [0, 0.1) is 5.92 Å². The summed E-state index contributed by atoms with van der Waals surface area (Å²) in [4.78, 5) is 10.8. The smallest absolute Gasteiger partial charge is 0.234 e. The quantitative estimate of drug-likeness (QED) is 0.650. The standard InChI is InChI=1S/C9H18N2O/c1-3-8(9(10)12)11-7-4-6(2)5-7/h6-8,11H,3-5H2,1-2H3,(H2,10,12). The predicted molar refractivity (Wildman–Crippen MR) is 48.6 cm³/mol. The van der Waals surface area contributed by atoms with Gasteiger partial charge < -0.3 is 11.1 Å². The number of hydrogen-bond donors (Lipinski definition) is 2. The second-order valence-electron chi connectivity index (χ2n) is 3.80. The fourth-order valence-electron chi connectivity index (χ4n) is 1.72. The molecule has 3 heteroatoms. The minimum absolute atomic E-state index is 0.123. The highest BCUT2D eigenvalue weighted by atomic mass is 16.1. The van der Waals surface area contributed by atoms with Crippen LogP contribution in [-0.2, 0) is 4.79 Å². The maximum absolute atomic E-state index is 10.8. The molecule has 70 valence electrons. The van der Waals surface area contributed by atoms with E-state index in [1.54, 1.807) is 0 Å². The molecule has 1 amide bonds. The predicted octanol–water partition coefficient (Wildman–Crippen LogP) is 0.638. The van der Waals surface area contributed by atoms with Crippen LogP contribution in [-0.4, -0.2) is 18.0 Å². The third-order valence-electron chi connectivity index (χ3n) is 2.56. The van der Waals surface area contributed by atoms with E-state index in [9.17, 15) is 4.79 Å². The van der Waals surface area contributed by atoms with Crippen molar-refractivity contribution < 1.29 is 4.79 Å². The van der Waals surface area contributed by atoms with Gasteiger partial charge >= 0.3 is 0 Å². The first-order chi connectivity index (χ1) is 5.63. The summed E-state index contributed by atoms with van der Waals surface area (Å²) in [5.41, 5.74) is 5.21. The molecule has 0 aromatic carbocycles. The van der Waals surface area contributed by atoms with Crippen molar-refractivity contribution in [3.05, 3.63) is 0 Å². The van der Waals surface area contributed by atoms with Gasteiger partial charge in [0.2, 0.25) is 5.91 Å². The Bertz CT molecular complexity index is 164. The highest BCUT2D eigenvalue weighted by molar-refractivity contribution is 5.79. The van der Waals surface area contributed by atoms with Crippen molar-refractivity contribution >= 4 is 5.91 Å². The molecule has 0 saturated heterocycles. The molecule has 1 unspecified atom stereocenters. The molecule has 0 bridgehead atoms. The molecule has 1 atom stereocenters. The van der Waals surface area contributed by atoms with Crippen LogP contribution < -0.4 is 11.1 Å². The first-order valence-electron chi connectivity index (χ1n) is 4.68. The largest absolute Gasteiger partial charge is 0.368 e. The zero-order valence-corrected chi connectivity index (χ0v) is 7.84. The maximum atomic E-state index is 10.8. The summed E-state index contributed by atoms with van der Waals surface area (Å²) < 4.78 is 0. The molecule has 0 aromatic rings. The fraction of sp³-hybridized carbons (Fsp3) is 0.889. The van der Waals surface area contributed by atoms with Crippen molar-refractivity contribution in [2.45, 2.75) is 45.2 Å². The number of nitrogens with one attached hydrogen (secondary N) is 1. The SMILES string of the molecule is CCC(NC1CC(C)C1)C(N)=O. The van der Waals surface area contributed by atoms with E-state index in [2.05, 4.69) is 12.2 Å². The molecule has 1 fully saturated rings. The van der Waals surface area contributed by atoms with Gasteiger partial charge in [0.05, 0.1) is 6.04 Å². The van der Waals surface area contributed by atoms with Gasteiger partial charge in [-0.25, -0.2) is 0 Å². The Labute approximate surface area is 73.7 Å². The third kappa shape index (κ3) is 2.21. The molecule has 1 saturated carbocycles. The number of hydrogen-bond acceptors (Lipinski definition) is 2. The minimum atomic E-state index is -0.225. The van der Waals surface area contributed by atoms with Crippen LogP contribution in [0.15, 0.2) is 0 Å². The zero-order valence-electron chi connectivity index (χ0n) is 7.84. The summed E-state index contributed by atoms with van der Waals surface area (Å²) in [6.07, 6.45) is 3.16. The molecule has 3 N–H and O–H groups in total. The highest BCUT2D eigenvalue weighted by Gasteiger charge is 2.28. The molecule has 1 aliphatic rings. The van der Waals surface area contributed by atoms with Gasteiger partial charge in [0, 0.05) is 6.04 Å². The van der Waals surface area contributed by atoms with Crippen LogP contribution in [0.25, 0.3) is 0 Å². The maximum Gasteiger partial charge on any atom is 0.234 e. The van der Waals surface area contributed by atoms with Gasteiger partial charge in [-0.05, 0) is 25.2 Å². The monoisotopic (exact) mass is 170 g/mol. The van der Waals surface area contributed by atoms with E-state index < -0.39 is 0 Å². The lowest BCUT2D eigenvalue weighted by Crippen LogP contribution is -2.50. The molecule has 1 rings (SSSR count). The molecule has 0 spiro atoms. The van der Waals surface area contributed by atoms with Crippen molar-refractivity contribution in [3.63, 3.8) is 0 Å². The van der Waals surface area contributed by atoms with Crippen LogP contribution >= 0.6 is 0 Å². The number of carbonyl (C=O) groups is 1. The first-order valence-corrected chi connectivity index (χ1v) is 4.68. The Morgan fingerprint density at radius 2 is 2.25 bits per heavy atom. The van der Waals surface area contributed by atoms with Gasteiger partial charge in [-0.2, -0.15) is 0 Å². The Hall–Kier alpha value is -0.570. The Kier molecular flexibility index (Phi) is 3.09. The molecule has 0 radical (unpaired) electrons. The van der Waals surface area contributed by atoms with E-state index >= 15 is 0 Å². The van der Waals surface area contributed by atoms with E-state index in [-0.39, 0.29) is 11.9 Å². The van der Waals surface area contributed by atoms with Gasteiger partial charge in [-0.15, -0.1) is 0 Å². The van der Waals surface area contributed by atoms with E-state index in [4.69, 9.17) is 5.73 Å². The summed E-state index contributed by atoms with van der Waals surface area (Å²) >= 11 is 0.